The predicted octanol–water partition coefficient (Wildman–Crippen LogP) is 7.58. The van der Waals surface area contributed by atoms with E-state index in [-0.39, 0.29) is 17.4 Å². The molecule has 10 atom stereocenters. The van der Waals surface area contributed by atoms with E-state index in [1.54, 1.807) is 0 Å². The van der Waals surface area contributed by atoms with Crippen LogP contribution in [0.1, 0.15) is 119 Å². The molecule has 4 aliphatic carbocycles. The number of carbonyl (C=O) groups excluding carboxylic acids is 2. The molecule has 0 amide bonds. The largest absolute Gasteiger partial charge is 0.481 e. The van der Waals surface area contributed by atoms with Crippen LogP contribution >= 0.6 is 0 Å². The molecule has 3 saturated carbocycles. The highest BCUT2D eigenvalue weighted by atomic mass is 16.6. The molecular formula is C39H67N2O5+. The van der Waals surface area contributed by atoms with Crippen molar-refractivity contribution in [1.82, 2.24) is 4.90 Å². The number of hydrogen-bond acceptors (Lipinski definition) is 5. The Balaban J connectivity index is 1.73. The summed E-state index contributed by atoms with van der Waals surface area (Å²) < 4.78 is 6.76. The number of ketones is 1. The summed E-state index contributed by atoms with van der Waals surface area (Å²) in [6.07, 6.45) is 14.4. The molecular weight excluding hydrogens is 576 g/mol. The summed E-state index contributed by atoms with van der Waals surface area (Å²) in [5.41, 5.74) is 0.704. The number of aliphatic carboxylic acids is 1. The number of allylic oxidation sites excluding steroid dienone is 1. The Hall–Kier alpha value is -1.73. The number of carboxylic acid groups (broad SMARTS) is 1. The van der Waals surface area contributed by atoms with Gasteiger partial charge in [-0.1, -0.05) is 78.9 Å². The average molecular weight is 644 g/mol. The molecule has 4 rings (SSSR count). The van der Waals surface area contributed by atoms with E-state index in [1.165, 1.54) is 50.5 Å². The lowest BCUT2D eigenvalue weighted by atomic mass is 9.43. The summed E-state index contributed by atoms with van der Waals surface area (Å²) >= 11 is 0. The third kappa shape index (κ3) is 6.37. The van der Waals surface area contributed by atoms with Gasteiger partial charge < -0.3 is 14.7 Å². The van der Waals surface area contributed by atoms with Crippen LogP contribution in [0, 0.1) is 52.3 Å². The van der Waals surface area contributed by atoms with Crippen molar-refractivity contribution >= 4 is 17.7 Å². The van der Waals surface area contributed by atoms with E-state index in [9.17, 15) is 19.5 Å². The molecule has 0 aromatic heterocycles. The predicted molar refractivity (Wildman–Crippen MR) is 184 cm³/mol. The van der Waals surface area contributed by atoms with E-state index in [1.807, 2.05) is 0 Å². The van der Waals surface area contributed by atoms with Crippen molar-refractivity contribution in [2.45, 2.75) is 130 Å². The smallest absolute Gasteiger partial charge is 0.379 e. The van der Waals surface area contributed by atoms with E-state index in [4.69, 9.17) is 4.74 Å². The van der Waals surface area contributed by atoms with Crippen LogP contribution < -0.4 is 0 Å². The number of quaternary nitrogens is 1. The van der Waals surface area contributed by atoms with Crippen molar-refractivity contribution in [3.63, 3.8) is 0 Å². The standard InChI is InChI=1S/C39H66N2O5/c1-12-14-32-35(40(7)8)38(6)27(24-39(32,41(9,10)11)46-36(45)33(42)23-34(43)44)17-18-28-30-20-19-29(26(4)16-13-15-25(2)3)37(30,5)22-21-31(28)38/h17,25-26,28-32,35H,12-16,18-24H2,1-11H3/p+1/t26-,28?,29-,30?,31?,32?,35?,37-,38+,39-/m1/s1. The molecule has 0 saturated heterocycles. The van der Waals surface area contributed by atoms with Crippen LogP contribution in [-0.2, 0) is 19.1 Å². The fraction of sp³-hybridized carbons (Fsp3) is 0.872. The zero-order valence-corrected chi connectivity index (χ0v) is 31.2. The molecule has 262 valence electrons. The number of hydrogen-bond donors (Lipinski definition) is 1. The molecule has 7 nitrogen and oxygen atoms in total. The summed E-state index contributed by atoms with van der Waals surface area (Å²) in [6.45, 7) is 14.6. The number of nitrogens with zero attached hydrogens (tertiary/aromatic N) is 2. The van der Waals surface area contributed by atoms with Gasteiger partial charge in [-0.3, -0.25) is 14.1 Å². The first kappa shape index (κ1) is 37.1. The number of carbonyl (C=O) groups is 3. The Morgan fingerprint density at radius 2 is 1.72 bits per heavy atom. The Morgan fingerprint density at radius 3 is 2.28 bits per heavy atom. The molecule has 0 aromatic rings. The SMILES string of the molecule is CCCC1C(N(C)C)[C@@]2(C)C(=CCC3C2CC[C@@]2(C)C3CC[C@@H]2[C@H](C)CCCC(C)C)C[C@]1(OC(=O)C(=O)CC(=O)O)[N+](C)(C)C. The van der Waals surface area contributed by atoms with Crippen molar-refractivity contribution in [2.24, 2.45) is 52.3 Å². The lowest BCUT2D eigenvalue weighted by Crippen LogP contribution is -2.74. The third-order valence-corrected chi connectivity index (χ3v) is 13.9. The van der Waals surface area contributed by atoms with Gasteiger partial charge in [0, 0.05) is 11.5 Å². The van der Waals surface area contributed by atoms with E-state index in [2.05, 4.69) is 87.8 Å². The molecule has 0 aromatic carbocycles. The van der Waals surface area contributed by atoms with Gasteiger partial charge in [-0.15, -0.1) is 0 Å². The summed E-state index contributed by atoms with van der Waals surface area (Å²) in [4.78, 5) is 39.8. The molecule has 46 heavy (non-hydrogen) atoms. The lowest BCUT2D eigenvalue weighted by Gasteiger charge is -2.66. The summed E-state index contributed by atoms with van der Waals surface area (Å²) in [5, 5.41) is 9.25. The van der Waals surface area contributed by atoms with Gasteiger partial charge in [-0.2, -0.15) is 0 Å². The van der Waals surface area contributed by atoms with Crippen LogP contribution in [0.4, 0.5) is 0 Å². The number of carboxylic acids is 1. The Morgan fingerprint density at radius 1 is 1.04 bits per heavy atom. The van der Waals surface area contributed by atoms with Gasteiger partial charge in [0.15, 0.2) is 0 Å². The molecule has 3 fully saturated rings. The average Bonchev–Trinajstić information content (AvgIpc) is 3.29. The maximum absolute atomic E-state index is 13.4. The van der Waals surface area contributed by atoms with Crippen molar-refractivity contribution in [1.29, 1.82) is 0 Å². The number of ether oxygens (including phenoxy) is 1. The van der Waals surface area contributed by atoms with Crippen molar-refractivity contribution in [2.75, 3.05) is 35.2 Å². The highest BCUT2D eigenvalue weighted by Gasteiger charge is 2.69. The number of Topliss-reactive ketones (excluding diaryl/α,β-unsaturated/α-hetero) is 1. The van der Waals surface area contributed by atoms with Crippen LogP contribution in [0.5, 0.6) is 0 Å². The lowest BCUT2D eigenvalue weighted by molar-refractivity contribution is -0.954. The van der Waals surface area contributed by atoms with Crippen LogP contribution in [0.2, 0.25) is 0 Å². The quantitative estimate of drug-likeness (QED) is 0.0556. The van der Waals surface area contributed by atoms with Gasteiger partial charge in [0.05, 0.1) is 33.5 Å². The van der Waals surface area contributed by atoms with Gasteiger partial charge >= 0.3 is 11.9 Å². The topological polar surface area (TPSA) is 83.9 Å². The maximum Gasteiger partial charge on any atom is 0.379 e. The first-order valence-corrected chi connectivity index (χ1v) is 18.5. The zero-order valence-electron chi connectivity index (χ0n) is 31.2. The van der Waals surface area contributed by atoms with Crippen molar-refractivity contribution < 1.29 is 28.7 Å². The zero-order chi connectivity index (χ0) is 34.4. The van der Waals surface area contributed by atoms with Crippen molar-refractivity contribution in [3.05, 3.63) is 11.6 Å². The first-order chi connectivity index (χ1) is 21.3. The highest BCUT2D eigenvalue weighted by molar-refractivity contribution is 6.36. The second kappa shape index (κ2) is 13.6. The minimum Gasteiger partial charge on any atom is -0.481 e. The summed E-state index contributed by atoms with van der Waals surface area (Å²) in [7, 11) is 10.5. The Kier molecular flexibility index (Phi) is 11.0. The fourth-order valence-corrected chi connectivity index (χ4v) is 11.9. The van der Waals surface area contributed by atoms with Crippen LogP contribution in [0.3, 0.4) is 0 Å². The molecule has 4 aliphatic rings. The first-order valence-electron chi connectivity index (χ1n) is 18.5. The monoisotopic (exact) mass is 644 g/mol. The van der Waals surface area contributed by atoms with Gasteiger partial charge in [-0.05, 0) is 93.5 Å². The molecule has 5 unspecified atom stereocenters. The summed E-state index contributed by atoms with van der Waals surface area (Å²) in [5.74, 6) is 0.979. The molecule has 7 heteroatoms. The van der Waals surface area contributed by atoms with E-state index < -0.39 is 29.9 Å². The van der Waals surface area contributed by atoms with E-state index >= 15 is 0 Å². The van der Waals surface area contributed by atoms with Crippen LogP contribution in [-0.4, -0.2) is 79.2 Å². The van der Waals surface area contributed by atoms with Gasteiger partial charge in [-0.25, -0.2) is 4.79 Å². The minimum absolute atomic E-state index is 0.0272. The fourth-order valence-electron chi connectivity index (χ4n) is 11.9. The maximum atomic E-state index is 13.4. The molecule has 1 N–H and O–H groups in total. The number of rotatable bonds is 13. The second-order valence-corrected chi connectivity index (χ2v) is 17.9. The minimum atomic E-state index is -1.31. The Bertz CT molecular complexity index is 1170. The normalized spacial score (nSPS) is 38.1. The third-order valence-electron chi connectivity index (χ3n) is 13.9. The van der Waals surface area contributed by atoms with Gasteiger partial charge in [0.2, 0.25) is 0 Å². The van der Waals surface area contributed by atoms with Gasteiger partial charge in [0.25, 0.3) is 11.5 Å². The van der Waals surface area contributed by atoms with Crippen LogP contribution in [0.25, 0.3) is 0 Å². The van der Waals surface area contributed by atoms with E-state index in [0.717, 1.165) is 42.9 Å². The summed E-state index contributed by atoms with van der Waals surface area (Å²) in [6, 6.07) is 0.108. The second-order valence-electron chi connectivity index (χ2n) is 17.9. The highest BCUT2D eigenvalue weighted by Crippen LogP contribution is 2.69. The Labute approximate surface area is 280 Å². The molecule has 0 spiro atoms. The molecule has 0 heterocycles. The van der Waals surface area contributed by atoms with Gasteiger partial charge in [0.1, 0.15) is 6.42 Å². The molecule has 0 bridgehead atoms. The van der Waals surface area contributed by atoms with E-state index in [0.29, 0.717) is 28.2 Å². The van der Waals surface area contributed by atoms with Crippen molar-refractivity contribution in [3.8, 4) is 0 Å². The van der Waals surface area contributed by atoms with Crippen LogP contribution in [0.15, 0.2) is 11.6 Å². The number of fused-ring (bicyclic) bond motifs is 5. The molecule has 0 aliphatic heterocycles. The number of esters is 1. The molecule has 0 radical (unpaired) electrons.